The zero-order valence-corrected chi connectivity index (χ0v) is 11.4. The Hall–Kier alpha value is -1.10. The van der Waals surface area contributed by atoms with Gasteiger partial charge in [0.25, 0.3) is 0 Å². The summed E-state index contributed by atoms with van der Waals surface area (Å²) in [6.07, 6.45) is 1.78. The van der Waals surface area contributed by atoms with Gasteiger partial charge in [0.2, 0.25) is 0 Å². The molecule has 0 aromatic carbocycles. The summed E-state index contributed by atoms with van der Waals surface area (Å²) < 4.78 is 0.994. The topological polar surface area (TPSA) is 66.0 Å². The third-order valence-corrected chi connectivity index (χ3v) is 3.48. The van der Waals surface area contributed by atoms with Crippen LogP contribution in [-0.2, 0) is 0 Å². The fourth-order valence-corrected chi connectivity index (χ4v) is 1.92. The number of nitrogens with two attached hydrogens (primary N) is 1. The van der Waals surface area contributed by atoms with E-state index in [0.29, 0.717) is 6.54 Å². The van der Waals surface area contributed by atoms with E-state index >= 15 is 0 Å². The molecule has 1 aromatic rings. The maximum absolute atomic E-state index is 7.37. The van der Waals surface area contributed by atoms with Gasteiger partial charge < -0.3 is 10.6 Å². The first kappa shape index (κ1) is 13.0. The van der Waals surface area contributed by atoms with Crippen LogP contribution >= 0.6 is 15.9 Å². The lowest BCUT2D eigenvalue weighted by atomic mass is 10.1. The number of amidine groups is 1. The molecule has 5 heteroatoms. The molecule has 0 amide bonds. The minimum absolute atomic E-state index is 0.0270. The summed E-state index contributed by atoms with van der Waals surface area (Å²) in [5.74, 6) is 1.11. The molecule has 1 rings (SSSR count). The van der Waals surface area contributed by atoms with Gasteiger partial charge in [-0.15, -0.1) is 0 Å². The molecule has 1 unspecified atom stereocenters. The van der Waals surface area contributed by atoms with Gasteiger partial charge in [0.1, 0.15) is 5.82 Å². The zero-order valence-electron chi connectivity index (χ0n) is 9.79. The van der Waals surface area contributed by atoms with Crippen molar-refractivity contribution < 1.29 is 0 Å². The van der Waals surface area contributed by atoms with E-state index in [1.54, 1.807) is 6.20 Å². The van der Waals surface area contributed by atoms with Crippen LogP contribution in [0.15, 0.2) is 16.7 Å². The number of halogens is 1. The number of pyridine rings is 1. The van der Waals surface area contributed by atoms with Gasteiger partial charge in [-0.2, -0.15) is 0 Å². The van der Waals surface area contributed by atoms with Crippen LogP contribution in [0.25, 0.3) is 0 Å². The summed E-state index contributed by atoms with van der Waals surface area (Å²) >= 11 is 3.52. The molecular formula is C11H17BrN4. The van der Waals surface area contributed by atoms with Gasteiger partial charge in [-0.3, -0.25) is 5.41 Å². The van der Waals surface area contributed by atoms with E-state index in [2.05, 4.69) is 20.9 Å². The molecule has 0 radical (unpaired) electrons. The molecule has 0 spiro atoms. The second-order valence-corrected chi connectivity index (χ2v) is 4.80. The van der Waals surface area contributed by atoms with Crippen LogP contribution in [0.3, 0.4) is 0 Å². The number of rotatable bonds is 4. The summed E-state index contributed by atoms with van der Waals surface area (Å²) in [7, 11) is 1.95. The quantitative estimate of drug-likeness (QED) is 0.658. The highest BCUT2D eigenvalue weighted by Gasteiger charge is 2.13. The summed E-state index contributed by atoms with van der Waals surface area (Å²) in [6.45, 7) is 4.64. The second kappa shape index (κ2) is 5.30. The van der Waals surface area contributed by atoms with Crippen LogP contribution in [0, 0.1) is 18.3 Å². The largest absolute Gasteiger partial charge is 0.387 e. The number of anilines is 1. The minimum Gasteiger partial charge on any atom is -0.387 e. The number of hydrogen-bond donors (Lipinski definition) is 2. The van der Waals surface area contributed by atoms with Gasteiger partial charge in [0.15, 0.2) is 0 Å². The molecule has 0 saturated carbocycles. The first-order valence-corrected chi connectivity index (χ1v) is 5.89. The van der Waals surface area contributed by atoms with E-state index in [-0.39, 0.29) is 11.8 Å². The Morgan fingerprint density at radius 3 is 2.88 bits per heavy atom. The molecule has 0 bridgehead atoms. The van der Waals surface area contributed by atoms with E-state index in [4.69, 9.17) is 11.1 Å². The smallest absolute Gasteiger partial charge is 0.142 e. The number of aromatic nitrogens is 1. The number of aryl methyl sites for hydroxylation is 1. The Morgan fingerprint density at radius 2 is 2.31 bits per heavy atom. The van der Waals surface area contributed by atoms with Crippen molar-refractivity contribution in [3.8, 4) is 0 Å². The number of nitrogens with zero attached hydrogens (tertiary/aromatic N) is 2. The van der Waals surface area contributed by atoms with Gasteiger partial charge in [0.05, 0.1) is 10.3 Å². The van der Waals surface area contributed by atoms with E-state index in [1.807, 2.05) is 31.9 Å². The Bertz CT molecular complexity index is 392. The molecule has 1 atom stereocenters. The van der Waals surface area contributed by atoms with Gasteiger partial charge in [-0.25, -0.2) is 4.98 Å². The molecular weight excluding hydrogens is 268 g/mol. The molecule has 1 aromatic heterocycles. The second-order valence-electron chi connectivity index (χ2n) is 4.00. The highest BCUT2D eigenvalue weighted by molar-refractivity contribution is 9.10. The highest BCUT2D eigenvalue weighted by atomic mass is 79.9. The molecule has 0 fully saturated rings. The van der Waals surface area contributed by atoms with Crippen molar-refractivity contribution in [1.29, 1.82) is 5.41 Å². The molecule has 0 aliphatic heterocycles. The van der Waals surface area contributed by atoms with E-state index in [1.165, 1.54) is 0 Å². The standard InChI is InChI=1S/C11H17BrN4/c1-7-4-5-15-11(9(7)12)16(3)6-8(2)10(13)14/h4-5,8H,6H2,1-3H3,(H3,13,14). The first-order valence-electron chi connectivity index (χ1n) is 5.09. The monoisotopic (exact) mass is 284 g/mol. The molecule has 88 valence electrons. The lowest BCUT2D eigenvalue weighted by Crippen LogP contribution is -2.32. The maximum atomic E-state index is 7.37. The van der Waals surface area contributed by atoms with Gasteiger partial charge >= 0.3 is 0 Å². The number of hydrogen-bond acceptors (Lipinski definition) is 3. The molecule has 0 aliphatic carbocycles. The normalized spacial score (nSPS) is 12.2. The lowest BCUT2D eigenvalue weighted by Gasteiger charge is -2.23. The highest BCUT2D eigenvalue weighted by Crippen LogP contribution is 2.26. The lowest BCUT2D eigenvalue weighted by molar-refractivity contribution is 0.721. The average molecular weight is 285 g/mol. The Kier molecular flexibility index (Phi) is 4.29. The van der Waals surface area contributed by atoms with Crippen LogP contribution in [-0.4, -0.2) is 24.4 Å². The Balaban J connectivity index is 2.84. The first-order chi connectivity index (χ1) is 7.43. The zero-order chi connectivity index (χ0) is 12.3. The van der Waals surface area contributed by atoms with Crippen LogP contribution in [0.5, 0.6) is 0 Å². The molecule has 3 N–H and O–H groups in total. The van der Waals surface area contributed by atoms with Gasteiger partial charge in [0, 0.05) is 25.7 Å². The maximum Gasteiger partial charge on any atom is 0.142 e. The summed E-state index contributed by atoms with van der Waals surface area (Å²) in [5, 5.41) is 7.37. The summed E-state index contributed by atoms with van der Waals surface area (Å²) in [5.41, 5.74) is 6.60. The fourth-order valence-electron chi connectivity index (χ4n) is 1.39. The van der Waals surface area contributed by atoms with Crippen LogP contribution < -0.4 is 10.6 Å². The van der Waals surface area contributed by atoms with Crippen molar-refractivity contribution >= 4 is 27.6 Å². The third kappa shape index (κ3) is 2.95. The fraction of sp³-hybridized carbons (Fsp3) is 0.455. The molecule has 0 saturated heterocycles. The van der Waals surface area contributed by atoms with E-state index in [0.717, 1.165) is 15.9 Å². The van der Waals surface area contributed by atoms with E-state index < -0.39 is 0 Å². The van der Waals surface area contributed by atoms with E-state index in [9.17, 15) is 0 Å². The summed E-state index contributed by atoms with van der Waals surface area (Å²) in [4.78, 5) is 6.32. The molecule has 16 heavy (non-hydrogen) atoms. The van der Waals surface area contributed by atoms with Crippen molar-refractivity contribution in [1.82, 2.24) is 4.98 Å². The third-order valence-electron chi connectivity index (χ3n) is 2.50. The Labute approximate surface area is 104 Å². The predicted octanol–water partition coefficient (Wildman–Crippen LogP) is 2.16. The SMILES string of the molecule is Cc1ccnc(N(C)CC(C)C(=N)N)c1Br. The van der Waals surface area contributed by atoms with Gasteiger partial charge in [-0.1, -0.05) is 6.92 Å². The van der Waals surface area contributed by atoms with Crippen molar-refractivity contribution in [3.63, 3.8) is 0 Å². The molecule has 1 heterocycles. The van der Waals surface area contributed by atoms with Crippen LogP contribution in [0.1, 0.15) is 12.5 Å². The van der Waals surface area contributed by atoms with Crippen molar-refractivity contribution in [2.75, 3.05) is 18.5 Å². The van der Waals surface area contributed by atoms with Crippen LogP contribution in [0.2, 0.25) is 0 Å². The summed E-state index contributed by atoms with van der Waals surface area (Å²) in [6, 6.07) is 1.95. The van der Waals surface area contributed by atoms with Crippen molar-refractivity contribution in [3.05, 3.63) is 22.3 Å². The predicted molar refractivity (Wildman–Crippen MR) is 71.0 cm³/mol. The molecule has 4 nitrogen and oxygen atoms in total. The minimum atomic E-state index is 0.0270. The molecule has 0 aliphatic rings. The van der Waals surface area contributed by atoms with Crippen LogP contribution in [0.4, 0.5) is 5.82 Å². The van der Waals surface area contributed by atoms with Crippen molar-refractivity contribution in [2.45, 2.75) is 13.8 Å². The van der Waals surface area contributed by atoms with Crippen molar-refractivity contribution in [2.24, 2.45) is 11.7 Å². The average Bonchev–Trinajstić information content (AvgIpc) is 2.21. The Morgan fingerprint density at radius 1 is 1.69 bits per heavy atom. The number of nitrogens with one attached hydrogen (secondary N) is 1. The van der Waals surface area contributed by atoms with Gasteiger partial charge in [-0.05, 0) is 34.5 Å².